The summed E-state index contributed by atoms with van der Waals surface area (Å²) in [6, 6.07) is 5.82. The third-order valence-electron chi connectivity index (χ3n) is 6.22. The van der Waals surface area contributed by atoms with Crippen LogP contribution in [0.4, 0.5) is 0 Å². The summed E-state index contributed by atoms with van der Waals surface area (Å²) in [5, 5.41) is 6.45. The lowest BCUT2D eigenvalue weighted by Gasteiger charge is -2.32. The summed E-state index contributed by atoms with van der Waals surface area (Å²) in [7, 11) is -3.47. The fourth-order valence-electron chi connectivity index (χ4n) is 4.50. The van der Waals surface area contributed by atoms with Crippen molar-refractivity contribution in [1.82, 2.24) is 14.9 Å². The van der Waals surface area contributed by atoms with Crippen molar-refractivity contribution in [2.75, 3.05) is 26.2 Å². The van der Waals surface area contributed by atoms with Gasteiger partial charge in [0.15, 0.2) is 0 Å². The van der Waals surface area contributed by atoms with Crippen molar-refractivity contribution in [1.29, 1.82) is 0 Å². The molecule has 0 saturated carbocycles. The fraction of sp³-hybridized carbons (Fsp3) is 0.650. The molecule has 1 aromatic carbocycles. The highest BCUT2D eigenvalue weighted by atomic mass is 32.2. The minimum absolute atomic E-state index is 0.0774. The van der Waals surface area contributed by atoms with E-state index in [9.17, 15) is 13.2 Å². The van der Waals surface area contributed by atoms with Gasteiger partial charge in [-0.1, -0.05) is 6.07 Å². The molecule has 0 radical (unpaired) electrons. The van der Waals surface area contributed by atoms with Crippen molar-refractivity contribution in [3.05, 3.63) is 29.3 Å². The molecule has 2 saturated heterocycles. The maximum Gasteiger partial charge on any atom is 0.243 e. The molecule has 6 nitrogen and oxygen atoms in total. The number of hydrogen-bond acceptors (Lipinski definition) is 4. The highest BCUT2D eigenvalue weighted by Crippen LogP contribution is 2.28. The maximum atomic E-state index is 13.0. The van der Waals surface area contributed by atoms with Crippen LogP contribution in [-0.4, -0.2) is 50.9 Å². The molecule has 1 aliphatic carbocycles. The molecule has 4 rings (SSSR count). The number of piperidine rings is 2. The molecular weight excluding hydrogens is 362 g/mol. The number of sulfonamides is 1. The molecule has 0 unspecified atom stereocenters. The predicted octanol–water partition coefficient (Wildman–Crippen LogP) is 1.44. The zero-order valence-corrected chi connectivity index (χ0v) is 16.6. The van der Waals surface area contributed by atoms with Crippen LogP contribution in [0, 0.1) is 5.92 Å². The van der Waals surface area contributed by atoms with Crippen LogP contribution >= 0.6 is 0 Å². The number of benzene rings is 1. The molecular formula is C20H29N3O3S. The van der Waals surface area contributed by atoms with E-state index >= 15 is 0 Å². The number of carbonyl (C=O) groups excluding carboxylic acids is 1. The maximum absolute atomic E-state index is 13.0. The highest BCUT2D eigenvalue weighted by Gasteiger charge is 2.33. The van der Waals surface area contributed by atoms with E-state index in [0.717, 1.165) is 45.2 Å². The Hall–Kier alpha value is -1.44. The summed E-state index contributed by atoms with van der Waals surface area (Å²) in [4.78, 5) is 12.9. The average molecular weight is 392 g/mol. The lowest BCUT2D eigenvalue weighted by Crippen LogP contribution is -2.47. The molecule has 2 heterocycles. The zero-order chi connectivity index (χ0) is 18.9. The van der Waals surface area contributed by atoms with Crippen LogP contribution in [-0.2, 0) is 27.7 Å². The molecule has 1 amide bonds. The summed E-state index contributed by atoms with van der Waals surface area (Å²) in [5.41, 5.74) is 2.45. The van der Waals surface area contributed by atoms with E-state index < -0.39 is 10.0 Å². The molecule has 3 aliphatic rings. The van der Waals surface area contributed by atoms with E-state index in [2.05, 4.69) is 10.6 Å². The Morgan fingerprint density at radius 2 is 1.74 bits per heavy atom. The normalized spacial score (nSPS) is 22.5. The topological polar surface area (TPSA) is 78.5 Å². The van der Waals surface area contributed by atoms with Crippen LogP contribution in [0.15, 0.2) is 23.1 Å². The fourth-order valence-corrected chi connectivity index (χ4v) is 6.02. The van der Waals surface area contributed by atoms with Crippen molar-refractivity contribution in [3.8, 4) is 0 Å². The van der Waals surface area contributed by atoms with Crippen LogP contribution in [0.3, 0.4) is 0 Å². The van der Waals surface area contributed by atoms with Crippen LogP contribution in [0.1, 0.15) is 43.2 Å². The standard InChI is InChI=1S/C20H29N3O3S/c24-20(22-18-6-10-21-11-7-18)16-8-12-23(13-9-16)27(25,26)19-5-4-15-2-1-3-17(15)14-19/h4-5,14,16,18,21H,1-3,6-13H2,(H,22,24). The Kier molecular flexibility index (Phi) is 5.53. The van der Waals surface area contributed by atoms with E-state index in [1.165, 1.54) is 11.1 Å². The molecule has 0 aromatic heterocycles. The van der Waals surface area contributed by atoms with Gasteiger partial charge in [-0.25, -0.2) is 8.42 Å². The molecule has 0 bridgehead atoms. The number of aryl methyl sites for hydroxylation is 2. The van der Waals surface area contributed by atoms with Gasteiger partial charge in [0.2, 0.25) is 15.9 Å². The predicted molar refractivity (Wildman–Crippen MR) is 104 cm³/mol. The van der Waals surface area contributed by atoms with Crippen molar-refractivity contribution in [2.45, 2.75) is 55.9 Å². The second kappa shape index (κ2) is 7.89. The van der Waals surface area contributed by atoms with Crippen LogP contribution < -0.4 is 10.6 Å². The average Bonchev–Trinajstić information content (AvgIpc) is 3.17. The van der Waals surface area contributed by atoms with E-state index in [4.69, 9.17) is 0 Å². The number of fused-ring (bicyclic) bond motifs is 1. The third kappa shape index (κ3) is 4.05. The molecule has 1 aromatic rings. The molecule has 2 aliphatic heterocycles. The summed E-state index contributed by atoms with van der Waals surface area (Å²) in [5.74, 6) is 0.0165. The summed E-state index contributed by atoms with van der Waals surface area (Å²) < 4.78 is 27.6. The summed E-state index contributed by atoms with van der Waals surface area (Å²) in [6.45, 7) is 2.73. The van der Waals surface area contributed by atoms with Gasteiger partial charge in [0.25, 0.3) is 0 Å². The van der Waals surface area contributed by atoms with Crippen LogP contribution in [0.25, 0.3) is 0 Å². The number of amides is 1. The van der Waals surface area contributed by atoms with Gasteiger partial charge >= 0.3 is 0 Å². The van der Waals surface area contributed by atoms with Gasteiger partial charge in [-0.2, -0.15) is 4.31 Å². The Bertz CT molecular complexity index is 795. The van der Waals surface area contributed by atoms with E-state index in [0.29, 0.717) is 30.8 Å². The molecule has 2 N–H and O–H groups in total. The van der Waals surface area contributed by atoms with Crippen molar-refractivity contribution in [2.24, 2.45) is 5.92 Å². The van der Waals surface area contributed by atoms with Crippen LogP contribution in [0.2, 0.25) is 0 Å². The largest absolute Gasteiger partial charge is 0.353 e. The lowest BCUT2D eigenvalue weighted by atomic mass is 9.96. The number of nitrogens with one attached hydrogen (secondary N) is 2. The molecule has 148 valence electrons. The molecule has 27 heavy (non-hydrogen) atoms. The first kappa shape index (κ1) is 18.9. The van der Waals surface area contributed by atoms with Crippen molar-refractivity contribution < 1.29 is 13.2 Å². The summed E-state index contributed by atoms with van der Waals surface area (Å²) >= 11 is 0. The first-order valence-corrected chi connectivity index (χ1v) is 11.6. The Morgan fingerprint density at radius 1 is 1.04 bits per heavy atom. The molecule has 0 atom stereocenters. The smallest absolute Gasteiger partial charge is 0.243 e. The van der Waals surface area contributed by atoms with Crippen LogP contribution in [0.5, 0.6) is 0 Å². The van der Waals surface area contributed by atoms with Gasteiger partial charge in [-0.15, -0.1) is 0 Å². The molecule has 2 fully saturated rings. The minimum atomic E-state index is -3.47. The van der Waals surface area contributed by atoms with E-state index in [1.807, 2.05) is 12.1 Å². The SMILES string of the molecule is O=C(NC1CCNCC1)C1CCN(S(=O)(=O)c2ccc3c(c2)CCC3)CC1. The van der Waals surface area contributed by atoms with Gasteiger partial charge in [-0.05, 0) is 81.3 Å². The first-order valence-electron chi connectivity index (χ1n) is 10.2. The second-order valence-corrected chi connectivity index (χ2v) is 9.93. The summed E-state index contributed by atoms with van der Waals surface area (Å²) in [6.07, 6.45) is 6.26. The quantitative estimate of drug-likeness (QED) is 0.814. The van der Waals surface area contributed by atoms with Crippen molar-refractivity contribution in [3.63, 3.8) is 0 Å². The minimum Gasteiger partial charge on any atom is -0.353 e. The van der Waals surface area contributed by atoms with Gasteiger partial charge in [-0.3, -0.25) is 4.79 Å². The number of hydrogen-bond donors (Lipinski definition) is 2. The monoisotopic (exact) mass is 391 g/mol. The Balaban J connectivity index is 1.36. The number of carbonyl (C=O) groups is 1. The van der Waals surface area contributed by atoms with E-state index in [-0.39, 0.29) is 17.9 Å². The highest BCUT2D eigenvalue weighted by molar-refractivity contribution is 7.89. The Labute approximate surface area is 161 Å². The van der Waals surface area contributed by atoms with Gasteiger partial charge in [0.1, 0.15) is 0 Å². The second-order valence-electron chi connectivity index (χ2n) is 8.00. The Morgan fingerprint density at radius 3 is 2.48 bits per heavy atom. The van der Waals surface area contributed by atoms with Gasteiger partial charge in [0.05, 0.1) is 4.90 Å². The third-order valence-corrected chi connectivity index (χ3v) is 8.11. The molecule has 7 heteroatoms. The van der Waals surface area contributed by atoms with Gasteiger partial charge in [0, 0.05) is 25.0 Å². The van der Waals surface area contributed by atoms with E-state index in [1.54, 1.807) is 10.4 Å². The lowest BCUT2D eigenvalue weighted by molar-refractivity contribution is -0.127. The number of rotatable bonds is 4. The first-order chi connectivity index (χ1) is 13.0. The number of nitrogens with zero attached hydrogens (tertiary/aromatic N) is 1. The van der Waals surface area contributed by atoms with Crippen molar-refractivity contribution >= 4 is 15.9 Å². The zero-order valence-electron chi connectivity index (χ0n) is 15.7. The van der Waals surface area contributed by atoms with Gasteiger partial charge < -0.3 is 10.6 Å². The molecule has 0 spiro atoms.